The maximum atomic E-state index is 13.0. The van der Waals surface area contributed by atoms with Crippen molar-refractivity contribution in [2.75, 3.05) is 13.1 Å². The molecule has 0 aliphatic carbocycles. The van der Waals surface area contributed by atoms with Crippen molar-refractivity contribution < 1.29 is 4.79 Å². The molecule has 2 unspecified atom stereocenters. The van der Waals surface area contributed by atoms with E-state index in [-0.39, 0.29) is 30.4 Å². The number of hydrogen-bond donors (Lipinski definition) is 1. The van der Waals surface area contributed by atoms with Gasteiger partial charge in [-0.05, 0) is 45.2 Å². The van der Waals surface area contributed by atoms with Crippen LogP contribution in [-0.2, 0) is 0 Å². The summed E-state index contributed by atoms with van der Waals surface area (Å²) in [5, 5.41) is 0. The minimum Gasteiger partial charge on any atom is -0.341 e. The molecule has 3 rings (SSSR count). The largest absolute Gasteiger partial charge is 0.341 e. The monoisotopic (exact) mass is 361 g/mol. The van der Waals surface area contributed by atoms with Crippen LogP contribution in [0.1, 0.15) is 53.1 Å². The van der Waals surface area contributed by atoms with Crippen LogP contribution < -0.4 is 5.73 Å². The van der Waals surface area contributed by atoms with Crippen molar-refractivity contribution in [2.24, 2.45) is 5.73 Å². The Labute approximate surface area is 156 Å². The average molecular weight is 362 g/mol. The van der Waals surface area contributed by atoms with E-state index in [4.69, 9.17) is 5.73 Å². The third kappa shape index (κ3) is 3.60. The molecule has 1 fully saturated rings. The van der Waals surface area contributed by atoms with Crippen molar-refractivity contribution in [1.82, 2.24) is 9.47 Å². The van der Waals surface area contributed by atoms with Gasteiger partial charge in [0.05, 0.1) is 11.6 Å². The van der Waals surface area contributed by atoms with Crippen LogP contribution in [0.25, 0.3) is 0 Å². The molecular weight excluding hydrogens is 334 g/mol. The molecule has 0 spiro atoms. The zero-order valence-corrected chi connectivity index (χ0v) is 16.1. The Balaban J connectivity index is 0.00000225. The predicted octanol–water partition coefficient (Wildman–Crippen LogP) is 3.70. The summed E-state index contributed by atoms with van der Waals surface area (Å²) in [6.07, 6.45) is 2.06. The summed E-state index contributed by atoms with van der Waals surface area (Å²) in [6, 6.07) is 12.8. The Morgan fingerprint density at radius 3 is 2.60 bits per heavy atom. The molecule has 1 amide bonds. The van der Waals surface area contributed by atoms with Gasteiger partial charge in [0.15, 0.2) is 0 Å². The van der Waals surface area contributed by atoms with Crippen molar-refractivity contribution in [1.29, 1.82) is 0 Å². The quantitative estimate of drug-likeness (QED) is 0.902. The van der Waals surface area contributed by atoms with E-state index in [1.165, 1.54) is 5.56 Å². The molecule has 2 heterocycles. The molecule has 1 aromatic carbocycles. The van der Waals surface area contributed by atoms with Gasteiger partial charge >= 0.3 is 0 Å². The van der Waals surface area contributed by atoms with Gasteiger partial charge in [-0.15, -0.1) is 12.4 Å². The van der Waals surface area contributed by atoms with Crippen LogP contribution in [0.5, 0.6) is 0 Å². The molecule has 0 saturated carbocycles. The Hall–Kier alpha value is -1.78. The number of aryl methyl sites for hydroxylation is 1. The summed E-state index contributed by atoms with van der Waals surface area (Å²) in [6.45, 7) is 7.67. The summed E-state index contributed by atoms with van der Waals surface area (Å²) in [5.41, 5.74) is 10.1. The van der Waals surface area contributed by atoms with Crippen LogP contribution in [-0.4, -0.2) is 34.5 Å². The van der Waals surface area contributed by atoms with Crippen LogP contribution in [0, 0.1) is 13.8 Å². The summed E-state index contributed by atoms with van der Waals surface area (Å²) >= 11 is 0. The molecule has 5 heteroatoms. The maximum absolute atomic E-state index is 13.0. The summed E-state index contributed by atoms with van der Waals surface area (Å²) < 4.78 is 2.26. The zero-order valence-electron chi connectivity index (χ0n) is 15.2. The van der Waals surface area contributed by atoms with Gasteiger partial charge in [-0.3, -0.25) is 4.79 Å². The summed E-state index contributed by atoms with van der Waals surface area (Å²) in [7, 11) is 0. The fourth-order valence-electron chi connectivity index (χ4n) is 3.97. The normalized spacial score (nSPS) is 18.1. The minimum atomic E-state index is 0. The lowest BCUT2D eigenvalue weighted by atomic mass is 10.1. The predicted molar refractivity (Wildman–Crippen MR) is 105 cm³/mol. The van der Waals surface area contributed by atoms with Gasteiger partial charge in [0, 0.05) is 30.5 Å². The van der Waals surface area contributed by atoms with Gasteiger partial charge in [0.2, 0.25) is 0 Å². The molecule has 2 N–H and O–H groups in total. The van der Waals surface area contributed by atoms with Crippen LogP contribution >= 0.6 is 12.4 Å². The molecule has 0 bridgehead atoms. The number of aromatic nitrogens is 1. The second-order valence-electron chi connectivity index (χ2n) is 6.77. The first-order chi connectivity index (χ1) is 11.5. The molecule has 136 valence electrons. The van der Waals surface area contributed by atoms with E-state index >= 15 is 0 Å². The summed E-state index contributed by atoms with van der Waals surface area (Å²) in [4.78, 5) is 15.0. The van der Waals surface area contributed by atoms with Gasteiger partial charge < -0.3 is 15.2 Å². The SMILES string of the molecule is Cc1cc(C(=O)N2CCCC2CN)c(C)n1C(C)c1ccccc1.Cl. The van der Waals surface area contributed by atoms with Gasteiger partial charge in [-0.1, -0.05) is 30.3 Å². The van der Waals surface area contributed by atoms with E-state index in [2.05, 4.69) is 42.7 Å². The minimum absolute atomic E-state index is 0. The van der Waals surface area contributed by atoms with E-state index in [0.29, 0.717) is 6.54 Å². The third-order valence-electron chi connectivity index (χ3n) is 5.29. The van der Waals surface area contributed by atoms with Gasteiger partial charge in [-0.25, -0.2) is 0 Å². The highest BCUT2D eigenvalue weighted by Gasteiger charge is 2.30. The topological polar surface area (TPSA) is 51.3 Å². The van der Waals surface area contributed by atoms with Crippen molar-refractivity contribution in [3.8, 4) is 0 Å². The second kappa shape index (κ2) is 8.07. The molecule has 0 radical (unpaired) electrons. The fraction of sp³-hybridized carbons (Fsp3) is 0.450. The number of hydrogen-bond acceptors (Lipinski definition) is 2. The number of benzene rings is 1. The van der Waals surface area contributed by atoms with E-state index in [0.717, 1.165) is 36.3 Å². The molecule has 1 aliphatic heterocycles. The van der Waals surface area contributed by atoms with Crippen molar-refractivity contribution >= 4 is 18.3 Å². The van der Waals surface area contributed by atoms with Crippen LogP contribution in [0.3, 0.4) is 0 Å². The summed E-state index contributed by atoms with van der Waals surface area (Å²) in [5.74, 6) is 0.127. The number of nitrogens with zero attached hydrogens (tertiary/aromatic N) is 2. The van der Waals surface area contributed by atoms with Crippen molar-refractivity contribution in [3.63, 3.8) is 0 Å². The Morgan fingerprint density at radius 1 is 1.28 bits per heavy atom. The number of likely N-dealkylation sites (tertiary alicyclic amines) is 1. The van der Waals surface area contributed by atoms with Crippen molar-refractivity contribution in [3.05, 3.63) is 58.9 Å². The van der Waals surface area contributed by atoms with Gasteiger partial charge in [-0.2, -0.15) is 0 Å². The van der Waals surface area contributed by atoms with E-state index in [1.54, 1.807) is 0 Å². The first-order valence-corrected chi connectivity index (χ1v) is 8.79. The molecule has 1 aromatic heterocycles. The highest BCUT2D eigenvalue weighted by atomic mass is 35.5. The van der Waals surface area contributed by atoms with Gasteiger partial charge in [0.25, 0.3) is 5.91 Å². The number of nitrogens with two attached hydrogens (primary N) is 1. The lowest BCUT2D eigenvalue weighted by Gasteiger charge is -2.24. The van der Waals surface area contributed by atoms with E-state index in [9.17, 15) is 4.79 Å². The van der Waals surface area contributed by atoms with Crippen LogP contribution in [0.2, 0.25) is 0 Å². The van der Waals surface area contributed by atoms with Crippen LogP contribution in [0.4, 0.5) is 0 Å². The molecule has 4 nitrogen and oxygen atoms in total. The van der Waals surface area contributed by atoms with E-state index < -0.39 is 0 Å². The molecular formula is C20H28ClN3O. The lowest BCUT2D eigenvalue weighted by Crippen LogP contribution is -2.40. The molecule has 25 heavy (non-hydrogen) atoms. The standard InChI is InChI=1S/C20H27N3O.ClH/c1-14-12-19(20(24)22-11-7-10-18(22)13-21)16(3)23(14)15(2)17-8-5-4-6-9-17;/h4-6,8-9,12,15,18H,7,10-11,13,21H2,1-3H3;1H. The second-order valence-corrected chi connectivity index (χ2v) is 6.77. The molecule has 1 aliphatic rings. The number of rotatable bonds is 4. The Bertz CT molecular complexity index is 726. The first-order valence-electron chi connectivity index (χ1n) is 8.79. The highest BCUT2D eigenvalue weighted by molar-refractivity contribution is 5.96. The van der Waals surface area contributed by atoms with E-state index in [1.807, 2.05) is 24.0 Å². The maximum Gasteiger partial charge on any atom is 0.255 e. The zero-order chi connectivity index (χ0) is 17.3. The number of carbonyl (C=O) groups excluding carboxylic acids is 1. The number of carbonyl (C=O) groups is 1. The Morgan fingerprint density at radius 2 is 1.96 bits per heavy atom. The first kappa shape index (κ1) is 19.5. The third-order valence-corrected chi connectivity index (χ3v) is 5.29. The number of amides is 1. The smallest absolute Gasteiger partial charge is 0.255 e. The molecule has 1 saturated heterocycles. The fourth-order valence-corrected chi connectivity index (χ4v) is 3.97. The highest BCUT2D eigenvalue weighted by Crippen LogP contribution is 2.28. The Kier molecular flexibility index (Phi) is 6.31. The molecule has 2 aromatic rings. The molecule has 2 atom stereocenters. The van der Waals surface area contributed by atoms with Crippen LogP contribution in [0.15, 0.2) is 36.4 Å². The van der Waals surface area contributed by atoms with Gasteiger partial charge in [0.1, 0.15) is 0 Å². The average Bonchev–Trinajstić information content (AvgIpc) is 3.19. The van der Waals surface area contributed by atoms with Crippen molar-refractivity contribution in [2.45, 2.75) is 45.7 Å². The lowest BCUT2D eigenvalue weighted by molar-refractivity contribution is 0.0740. The number of halogens is 1.